The molecule has 1 aliphatic heterocycles. The van der Waals surface area contributed by atoms with Gasteiger partial charge in [-0.15, -0.1) is 0 Å². The minimum absolute atomic E-state index is 0.660. The SMILES string of the molecule is CCN1CCN(CC(C)COC)CC1. The molecule has 1 aliphatic rings. The summed E-state index contributed by atoms with van der Waals surface area (Å²) in [4.78, 5) is 5.06. The van der Waals surface area contributed by atoms with Gasteiger partial charge >= 0.3 is 0 Å². The number of likely N-dealkylation sites (N-methyl/N-ethyl adjacent to an activating group) is 1. The van der Waals surface area contributed by atoms with Crippen molar-refractivity contribution in [1.82, 2.24) is 9.80 Å². The molecule has 0 saturated carbocycles. The molecular formula is C11H24N2O. The second-order valence-electron chi connectivity index (χ2n) is 4.30. The molecule has 3 heteroatoms. The van der Waals surface area contributed by atoms with Crippen LogP contribution in [-0.2, 0) is 4.74 Å². The van der Waals surface area contributed by atoms with Gasteiger partial charge in [-0.2, -0.15) is 0 Å². The zero-order valence-electron chi connectivity index (χ0n) is 9.83. The number of hydrogen-bond acceptors (Lipinski definition) is 3. The highest BCUT2D eigenvalue weighted by molar-refractivity contribution is 4.72. The number of nitrogens with zero attached hydrogens (tertiary/aromatic N) is 2. The third-order valence-electron chi connectivity index (χ3n) is 2.93. The van der Waals surface area contributed by atoms with Crippen LogP contribution in [0.3, 0.4) is 0 Å². The lowest BCUT2D eigenvalue weighted by atomic mass is 10.1. The Labute approximate surface area is 88.0 Å². The van der Waals surface area contributed by atoms with Crippen molar-refractivity contribution < 1.29 is 4.74 Å². The minimum Gasteiger partial charge on any atom is -0.384 e. The van der Waals surface area contributed by atoms with Crippen molar-refractivity contribution in [2.24, 2.45) is 5.92 Å². The van der Waals surface area contributed by atoms with E-state index in [1.165, 1.54) is 39.3 Å². The summed E-state index contributed by atoms with van der Waals surface area (Å²) in [6.07, 6.45) is 0. The summed E-state index contributed by atoms with van der Waals surface area (Å²) in [5, 5.41) is 0. The largest absolute Gasteiger partial charge is 0.384 e. The molecule has 3 nitrogen and oxygen atoms in total. The smallest absolute Gasteiger partial charge is 0.0500 e. The fourth-order valence-electron chi connectivity index (χ4n) is 2.07. The van der Waals surface area contributed by atoms with E-state index in [1.807, 2.05) is 0 Å². The van der Waals surface area contributed by atoms with Gasteiger partial charge < -0.3 is 14.5 Å². The van der Waals surface area contributed by atoms with Gasteiger partial charge in [-0.05, 0) is 12.5 Å². The third kappa shape index (κ3) is 3.95. The van der Waals surface area contributed by atoms with Crippen LogP contribution in [0.15, 0.2) is 0 Å². The molecule has 1 fully saturated rings. The van der Waals surface area contributed by atoms with Crippen molar-refractivity contribution in [3.05, 3.63) is 0 Å². The van der Waals surface area contributed by atoms with Crippen molar-refractivity contribution in [3.63, 3.8) is 0 Å². The molecule has 84 valence electrons. The molecule has 1 unspecified atom stereocenters. The Morgan fingerprint density at radius 1 is 1.14 bits per heavy atom. The van der Waals surface area contributed by atoms with E-state index in [0.29, 0.717) is 5.92 Å². The molecule has 0 aromatic rings. The lowest BCUT2D eigenvalue weighted by molar-refractivity contribution is 0.0936. The molecule has 1 atom stereocenters. The van der Waals surface area contributed by atoms with E-state index in [0.717, 1.165) is 6.61 Å². The van der Waals surface area contributed by atoms with E-state index in [1.54, 1.807) is 7.11 Å². The van der Waals surface area contributed by atoms with Crippen molar-refractivity contribution in [3.8, 4) is 0 Å². The van der Waals surface area contributed by atoms with Crippen molar-refractivity contribution in [1.29, 1.82) is 0 Å². The predicted octanol–water partition coefficient (Wildman–Crippen LogP) is 0.906. The summed E-state index contributed by atoms with van der Waals surface area (Å²) in [5.74, 6) is 0.660. The molecule has 1 saturated heterocycles. The lowest BCUT2D eigenvalue weighted by Gasteiger charge is -2.35. The average molecular weight is 200 g/mol. The second-order valence-corrected chi connectivity index (χ2v) is 4.30. The molecule has 0 spiro atoms. The van der Waals surface area contributed by atoms with Crippen LogP contribution in [0.5, 0.6) is 0 Å². The summed E-state index contributed by atoms with van der Waals surface area (Å²) >= 11 is 0. The van der Waals surface area contributed by atoms with Gasteiger partial charge in [-0.25, -0.2) is 0 Å². The van der Waals surface area contributed by atoms with Gasteiger partial charge in [-0.3, -0.25) is 0 Å². The Kier molecular flexibility index (Phi) is 5.45. The number of ether oxygens (including phenoxy) is 1. The van der Waals surface area contributed by atoms with Gasteiger partial charge in [0.1, 0.15) is 0 Å². The number of rotatable bonds is 5. The maximum atomic E-state index is 5.15. The summed E-state index contributed by atoms with van der Waals surface area (Å²) in [5.41, 5.74) is 0. The van der Waals surface area contributed by atoms with Gasteiger partial charge in [0.15, 0.2) is 0 Å². The average Bonchev–Trinajstić information content (AvgIpc) is 2.19. The Bertz CT molecular complexity index is 144. The van der Waals surface area contributed by atoms with E-state index in [9.17, 15) is 0 Å². The van der Waals surface area contributed by atoms with Gasteiger partial charge in [0, 0.05) is 46.4 Å². The van der Waals surface area contributed by atoms with Crippen LogP contribution in [0.1, 0.15) is 13.8 Å². The van der Waals surface area contributed by atoms with Crippen LogP contribution < -0.4 is 0 Å². The predicted molar refractivity (Wildman–Crippen MR) is 59.6 cm³/mol. The van der Waals surface area contributed by atoms with Crippen molar-refractivity contribution in [2.75, 3.05) is 53.0 Å². The van der Waals surface area contributed by atoms with E-state index in [4.69, 9.17) is 4.74 Å². The monoisotopic (exact) mass is 200 g/mol. The van der Waals surface area contributed by atoms with Gasteiger partial charge in [0.2, 0.25) is 0 Å². The summed E-state index contributed by atoms with van der Waals surface area (Å²) in [7, 11) is 1.78. The van der Waals surface area contributed by atoms with E-state index in [2.05, 4.69) is 23.6 Å². The first-order chi connectivity index (χ1) is 6.76. The lowest BCUT2D eigenvalue weighted by Crippen LogP contribution is -2.47. The van der Waals surface area contributed by atoms with Crippen molar-refractivity contribution >= 4 is 0 Å². The minimum atomic E-state index is 0.660. The Hall–Kier alpha value is -0.120. The third-order valence-corrected chi connectivity index (χ3v) is 2.93. The molecule has 0 bridgehead atoms. The quantitative estimate of drug-likeness (QED) is 0.656. The molecule has 0 aromatic carbocycles. The van der Waals surface area contributed by atoms with Crippen LogP contribution in [0.25, 0.3) is 0 Å². The van der Waals surface area contributed by atoms with Crippen LogP contribution in [0, 0.1) is 5.92 Å². The van der Waals surface area contributed by atoms with Crippen LogP contribution in [0.4, 0.5) is 0 Å². The van der Waals surface area contributed by atoms with E-state index < -0.39 is 0 Å². The highest BCUT2D eigenvalue weighted by Gasteiger charge is 2.16. The molecule has 0 aromatic heterocycles. The summed E-state index contributed by atoms with van der Waals surface area (Å²) < 4.78 is 5.15. The number of hydrogen-bond donors (Lipinski definition) is 0. The Balaban J connectivity index is 2.15. The summed E-state index contributed by atoms with van der Waals surface area (Å²) in [6, 6.07) is 0. The second kappa shape index (κ2) is 6.38. The molecule has 1 heterocycles. The van der Waals surface area contributed by atoms with Gasteiger partial charge in [0.05, 0.1) is 0 Å². The Morgan fingerprint density at radius 2 is 1.71 bits per heavy atom. The Morgan fingerprint density at radius 3 is 2.21 bits per heavy atom. The van der Waals surface area contributed by atoms with Gasteiger partial charge in [-0.1, -0.05) is 13.8 Å². The zero-order valence-corrected chi connectivity index (χ0v) is 9.83. The first-order valence-electron chi connectivity index (χ1n) is 5.70. The summed E-state index contributed by atoms with van der Waals surface area (Å²) in [6.45, 7) is 12.7. The first-order valence-corrected chi connectivity index (χ1v) is 5.70. The van der Waals surface area contributed by atoms with E-state index in [-0.39, 0.29) is 0 Å². The zero-order chi connectivity index (χ0) is 10.4. The highest BCUT2D eigenvalue weighted by Crippen LogP contribution is 2.05. The fraction of sp³-hybridized carbons (Fsp3) is 1.00. The van der Waals surface area contributed by atoms with Crippen LogP contribution in [0.2, 0.25) is 0 Å². The van der Waals surface area contributed by atoms with Crippen molar-refractivity contribution in [2.45, 2.75) is 13.8 Å². The molecular weight excluding hydrogens is 176 g/mol. The number of piperazine rings is 1. The molecule has 1 rings (SSSR count). The molecule has 14 heavy (non-hydrogen) atoms. The molecule has 0 radical (unpaired) electrons. The maximum Gasteiger partial charge on any atom is 0.0500 e. The standard InChI is InChI=1S/C11H24N2O/c1-4-12-5-7-13(8-6-12)9-11(2)10-14-3/h11H,4-10H2,1-3H3. The molecule has 0 aliphatic carbocycles. The normalized spacial score (nSPS) is 22.5. The molecule has 0 N–H and O–H groups in total. The van der Waals surface area contributed by atoms with Crippen LogP contribution in [-0.4, -0.2) is 62.8 Å². The van der Waals surface area contributed by atoms with Gasteiger partial charge in [0.25, 0.3) is 0 Å². The first kappa shape index (κ1) is 12.0. The van der Waals surface area contributed by atoms with Crippen LogP contribution >= 0.6 is 0 Å². The topological polar surface area (TPSA) is 15.7 Å². The highest BCUT2D eigenvalue weighted by atomic mass is 16.5. The van der Waals surface area contributed by atoms with E-state index >= 15 is 0 Å². The fourth-order valence-corrected chi connectivity index (χ4v) is 2.07. The number of methoxy groups -OCH3 is 1. The molecule has 0 amide bonds. The maximum absolute atomic E-state index is 5.15.